The Morgan fingerprint density at radius 3 is 3.16 bits per heavy atom. The topological polar surface area (TPSA) is 74.3 Å². The van der Waals surface area contributed by atoms with Crippen molar-refractivity contribution in [3.8, 4) is 0 Å². The van der Waals surface area contributed by atoms with Gasteiger partial charge in [-0.15, -0.1) is 0 Å². The van der Waals surface area contributed by atoms with E-state index in [0.29, 0.717) is 18.6 Å². The number of carbonyl (C=O) groups excluding carboxylic acids is 1. The van der Waals surface area contributed by atoms with Crippen molar-refractivity contribution >= 4 is 16.8 Å². The van der Waals surface area contributed by atoms with Crippen molar-refractivity contribution in [2.75, 3.05) is 13.2 Å². The molecular formula is C14H16N2O3. The Morgan fingerprint density at radius 2 is 2.32 bits per heavy atom. The lowest BCUT2D eigenvalue weighted by Crippen LogP contribution is -2.48. The number of benzene rings is 1. The summed E-state index contributed by atoms with van der Waals surface area (Å²) in [5.74, 6) is -0.158. The SMILES string of the molecule is O=C(N[C@@H]1CCOC[C@H]1O)c1ccc2[nH]ccc2c1. The Kier molecular flexibility index (Phi) is 3.23. The van der Waals surface area contributed by atoms with Crippen molar-refractivity contribution in [3.05, 3.63) is 36.0 Å². The summed E-state index contributed by atoms with van der Waals surface area (Å²) in [5, 5.41) is 13.6. The first-order chi connectivity index (χ1) is 9.24. The van der Waals surface area contributed by atoms with Crippen LogP contribution in [-0.2, 0) is 4.74 Å². The molecule has 1 fully saturated rings. The maximum atomic E-state index is 12.2. The van der Waals surface area contributed by atoms with Crippen LogP contribution in [-0.4, -0.2) is 41.4 Å². The zero-order chi connectivity index (χ0) is 13.2. The van der Waals surface area contributed by atoms with Gasteiger partial charge in [0.2, 0.25) is 0 Å². The maximum Gasteiger partial charge on any atom is 0.251 e. The van der Waals surface area contributed by atoms with Crippen molar-refractivity contribution < 1.29 is 14.6 Å². The molecule has 5 nitrogen and oxygen atoms in total. The summed E-state index contributed by atoms with van der Waals surface area (Å²) in [5.41, 5.74) is 1.61. The van der Waals surface area contributed by atoms with Crippen LogP contribution in [0.15, 0.2) is 30.5 Å². The molecule has 0 radical (unpaired) electrons. The first-order valence-corrected chi connectivity index (χ1v) is 6.38. The monoisotopic (exact) mass is 260 g/mol. The van der Waals surface area contributed by atoms with E-state index in [4.69, 9.17) is 4.74 Å². The highest BCUT2D eigenvalue weighted by Crippen LogP contribution is 2.15. The first kappa shape index (κ1) is 12.2. The van der Waals surface area contributed by atoms with E-state index in [0.717, 1.165) is 10.9 Å². The van der Waals surface area contributed by atoms with Crippen molar-refractivity contribution in [1.29, 1.82) is 0 Å². The molecule has 1 aliphatic heterocycles. The van der Waals surface area contributed by atoms with Gasteiger partial charge in [-0.3, -0.25) is 4.79 Å². The van der Waals surface area contributed by atoms with Gasteiger partial charge in [0.1, 0.15) is 0 Å². The van der Waals surface area contributed by atoms with Gasteiger partial charge in [0.05, 0.1) is 18.8 Å². The van der Waals surface area contributed by atoms with Crippen molar-refractivity contribution in [1.82, 2.24) is 10.3 Å². The van der Waals surface area contributed by atoms with Crippen LogP contribution in [0.2, 0.25) is 0 Å². The second-order valence-electron chi connectivity index (χ2n) is 4.79. The summed E-state index contributed by atoms with van der Waals surface area (Å²) in [6.07, 6.45) is 1.85. The summed E-state index contributed by atoms with van der Waals surface area (Å²) in [6, 6.07) is 7.19. The minimum Gasteiger partial charge on any atom is -0.389 e. The highest BCUT2D eigenvalue weighted by molar-refractivity contribution is 5.98. The molecule has 3 N–H and O–H groups in total. The van der Waals surface area contributed by atoms with Crippen molar-refractivity contribution in [2.24, 2.45) is 0 Å². The van der Waals surface area contributed by atoms with Crippen LogP contribution in [0.1, 0.15) is 16.8 Å². The van der Waals surface area contributed by atoms with Crippen LogP contribution in [0, 0.1) is 0 Å². The van der Waals surface area contributed by atoms with Gasteiger partial charge in [0, 0.05) is 29.3 Å². The number of hydrogen-bond acceptors (Lipinski definition) is 3. The van der Waals surface area contributed by atoms with Crippen LogP contribution >= 0.6 is 0 Å². The highest BCUT2D eigenvalue weighted by Gasteiger charge is 2.25. The van der Waals surface area contributed by atoms with E-state index in [1.165, 1.54) is 0 Å². The van der Waals surface area contributed by atoms with E-state index < -0.39 is 6.10 Å². The fourth-order valence-electron chi connectivity index (χ4n) is 2.34. The Hall–Kier alpha value is -1.85. The zero-order valence-corrected chi connectivity index (χ0v) is 10.4. The highest BCUT2D eigenvalue weighted by atomic mass is 16.5. The van der Waals surface area contributed by atoms with Crippen LogP contribution < -0.4 is 5.32 Å². The second-order valence-corrected chi connectivity index (χ2v) is 4.79. The molecular weight excluding hydrogens is 244 g/mol. The molecule has 1 aromatic heterocycles. The lowest BCUT2D eigenvalue weighted by molar-refractivity contribution is -0.0260. The molecule has 100 valence electrons. The van der Waals surface area contributed by atoms with E-state index in [2.05, 4.69) is 10.3 Å². The number of H-pyrrole nitrogens is 1. The molecule has 5 heteroatoms. The number of aliphatic hydroxyl groups excluding tert-OH is 1. The molecule has 1 aromatic carbocycles. The lowest BCUT2D eigenvalue weighted by atomic mass is 10.1. The lowest BCUT2D eigenvalue weighted by Gasteiger charge is -2.28. The van der Waals surface area contributed by atoms with Gasteiger partial charge < -0.3 is 20.1 Å². The van der Waals surface area contributed by atoms with E-state index in [1.54, 1.807) is 6.07 Å². The summed E-state index contributed by atoms with van der Waals surface area (Å²) in [7, 11) is 0. The fourth-order valence-corrected chi connectivity index (χ4v) is 2.34. The zero-order valence-electron chi connectivity index (χ0n) is 10.4. The van der Waals surface area contributed by atoms with E-state index in [-0.39, 0.29) is 18.6 Å². The average Bonchev–Trinajstić information content (AvgIpc) is 2.88. The number of carbonyl (C=O) groups is 1. The number of fused-ring (bicyclic) bond motifs is 1. The Balaban J connectivity index is 1.75. The van der Waals surface area contributed by atoms with Gasteiger partial charge in [-0.2, -0.15) is 0 Å². The molecule has 1 saturated heterocycles. The Bertz CT molecular complexity index is 593. The van der Waals surface area contributed by atoms with Crippen LogP contribution in [0.4, 0.5) is 0 Å². The standard InChI is InChI=1S/C14H16N2O3/c17-13-8-19-6-4-12(13)16-14(18)10-1-2-11-9(7-10)3-5-15-11/h1-3,5,7,12-13,15,17H,4,6,8H2,(H,16,18)/t12-,13-/m1/s1. The van der Waals surface area contributed by atoms with Gasteiger partial charge in [0.25, 0.3) is 5.91 Å². The number of rotatable bonds is 2. The molecule has 2 heterocycles. The molecule has 0 saturated carbocycles. The Morgan fingerprint density at radius 1 is 1.42 bits per heavy atom. The number of aliphatic hydroxyl groups is 1. The molecule has 0 aliphatic carbocycles. The molecule has 0 unspecified atom stereocenters. The van der Waals surface area contributed by atoms with E-state index in [9.17, 15) is 9.90 Å². The van der Waals surface area contributed by atoms with Crippen molar-refractivity contribution in [2.45, 2.75) is 18.6 Å². The molecule has 2 aromatic rings. The smallest absolute Gasteiger partial charge is 0.251 e. The third-order valence-electron chi connectivity index (χ3n) is 3.46. The van der Waals surface area contributed by atoms with Gasteiger partial charge >= 0.3 is 0 Å². The van der Waals surface area contributed by atoms with Gasteiger partial charge in [-0.25, -0.2) is 0 Å². The van der Waals surface area contributed by atoms with Crippen LogP contribution in [0.25, 0.3) is 10.9 Å². The summed E-state index contributed by atoms with van der Waals surface area (Å²) in [4.78, 5) is 15.2. The molecule has 0 spiro atoms. The minimum absolute atomic E-state index is 0.158. The normalized spacial score (nSPS) is 23.4. The van der Waals surface area contributed by atoms with Gasteiger partial charge in [0.15, 0.2) is 0 Å². The molecule has 19 heavy (non-hydrogen) atoms. The largest absolute Gasteiger partial charge is 0.389 e. The van der Waals surface area contributed by atoms with Crippen LogP contribution in [0.3, 0.4) is 0 Å². The fraction of sp³-hybridized carbons (Fsp3) is 0.357. The van der Waals surface area contributed by atoms with E-state index in [1.807, 2.05) is 24.4 Å². The van der Waals surface area contributed by atoms with Crippen molar-refractivity contribution in [3.63, 3.8) is 0 Å². The molecule has 1 aliphatic rings. The molecule has 1 amide bonds. The third-order valence-corrected chi connectivity index (χ3v) is 3.46. The number of aromatic nitrogens is 1. The molecule has 0 bridgehead atoms. The van der Waals surface area contributed by atoms with Gasteiger partial charge in [-0.1, -0.05) is 0 Å². The predicted molar refractivity (Wildman–Crippen MR) is 71.0 cm³/mol. The number of nitrogens with one attached hydrogen (secondary N) is 2. The van der Waals surface area contributed by atoms with Gasteiger partial charge in [-0.05, 0) is 30.7 Å². The summed E-state index contributed by atoms with van der Waals surface area (Å²) >= 11 is 0. The first-order valence-electron chi connectivity index (χ1n) is 6.38. The molecule has 2 atom stereocenters. The Labute approximate surface area is 110 Å². The summed E-state index contributed by atoms with van der Waals surface area (Å²) in [6.45, 7) is 0.848. The number of hydrogen-bond donors (Lipinski definition) is 3. The number of ether oxygens (including phenoxy) is 1. The minimum atomic E-state index is -0.631. The average molecular weight is 260 g/mol. The second kappa shape index (κ2) is 5.03. The number of amides is 1. The predicted octanol–water partition coefficient (Wildman–Crippen LogP) is 1.05. The quantitative estimate of drug-likeness (QED) is 0.755. The third kappa shape index (κ3) is 2.47. The molecule has 3 rings (SSSR count). The summed E-state index contributed by atoms with van der Waals surface area (Å²) < 4.78 is 5.14. The number of aromatic amines is 1. The maximum absolute atomic E-state index is 12.2. The van der Waals surface area contributed by atoms with E-state index >= 15 is 0 Å². The van der Waals surface area contributed by atoms with Crippen LogP contribution in [0.5, 0.6) is 0 Å².